The van der Waals surface area contributed by atoms with E-state index in [2.05, 4.69) is 0 Å². The lowest BCUT2D eigenvalue weighted by atomic mass is 10.00. The molecule has 1 atom stereocenters. The van der Waals surface area contributed by atoms with Crippen LogP contribution in [-0.2, 0) is 20.2 Å². The molecular formula is C9H21NO9S2. The van der Waals surface area contributed by atoms with Gasteiger partial charge in [-0.15, -0.1) is 0 Å². The van der Waals surface area contributed by atoms with Crippen molar-refractivity contribution in [2.45, 2.75) is 24.3 Å². The first-order chi connectivity index (χ1) is 9.47. The monoisotopic (exact) mass is 351 g/mol. The van der Waals surface area contributed by atoms with Gasteiger partial charge in [0.05, 0.1) is 31.1 Å². The Hall–Kier alpha value is -0.340. The highest BCUT2D eigenvalue weighted by Gasteiger charge is 2.43. The summed E-state index contributed by atoms with van der Waals surface area (Å²) in [6, 6.07) is 0. The molecule has 5 N–H and O–H groups in total. The maximum absolute atomic E-state index is 11.4. The van der Waals surface area contributed by atoms with E-state index in [0.717, 1.165) is 4.90 Å². The Labute approximate surface area is 123 Å². The number of aliphatic hydroxyl groups excluding tert-OH is 3. The first kappa shape index (κ1) is 20.7. The quantitative estimate of drug-likeness (QED) is 0.265. The normalized spacial score (nSPS) is 15.4. The summed E-state index contributed by atoms with van der Waals surface area (Å²) in [7, 11) is -9.13. The second kappa shape index (κ2) is 7.78. The molecule has 12 heteroatoms. The fourth-order valence-corrected chi connectivity index (χ4v) is 3.41. The number of aliphatic hydroxyl groups is 3. The second-order valence-electron chi connectivity index (χ2n) is 4.56. The molecule has 0 bridgehead atoms. The van der Waals surface area contributed by atoms with Crippen molar-refractivity contribution in [3.8, 4) is 0 Å². The van der Waals surface area contributed by atoms with Crippen LogP contribution in [0.25, 0.3) is 0 Å². The van der Waals surface area contributed by atoms with E-state index in [9.17, 15) is 36.7 Å². The van der Waals surface area contributed by atoms with E-state index in [-0.39, 0.29) is 6.42 Å². The molecule has 0 saturated heterocycles. The van der Waals surface area contributed by atoms with Crippen LogP contribution in [0.4, 0.5) is 0 Å². The highest BCUT2D eigenvalue weighted by atomic mass is 32.2. The molecule has 0 aromatic heterocycles. The molecular weight excluding hydrogens is 330 g/mol. The fourth-order valence-electron chi connectivity index (χ4n) is 1.91. The van der Waals surface area contributed by atoms with Crippen molar-refractivity contribution < 1.29 is 41.3 Å². The molecule has 0 radical (unpaired) electrons. The Balaban J connectivity index is 5.75. The van der Waals surface area contributed by atoms with Gasteiger partial charge in [0.2, 0.25) is 0 Å². The Morgan fingerprint density at radius 3 is 1.67 bits per heavy atom. The van der Waals surface area contributed by atoms with Crippen LogP contribution in [0.5, 0.6) is 0 Å². The molecule has 1 unspecified atom stereocenters. The lowest BCUT2D eigenvalue weighted by Gasteiger charge is -2.43. The van der Waals surface area contributed by atoms with Gasteiger partial charge in [0.1, 0.15) is 5.37 Å². The maximum Gasteiger partial charge on any atom is 0.281 e. The molecule has 128 valence electrons. The zero-order valence-electron chi connectivity index (χ0n) is 11.5. The van der Waals surface area contributed by atoms with Crippen molar-refractivity contribution in [3.05, 3.63) is 0 Å². The molecule has 10 nitrogen and oxygen atoms in total. The standard InChI is InChI=1S/C9H21NO9S2/c1-2-8(21(17,18)19)10(3-4-20(14,15)16)9(5-11,6-12)7-13/h8,11-13H,2-7H2,1H3,(H,14,15,16)(H,17,18,19). The Morgan fingerprint density at radius 1 is 1.00 bits per heavy atom. The SMILES string of the molecule is CCC(N(CCS(=O)(=O)O)C(CO)(CO)CO)S(=O)(=O)O. The predicted molar refractivity (Wildman–Crippen MR) is 72.7 cm³/mol. The van der Waals surface area contributed by atoms with E-state index in [1.165, 1.54) is 6.92 Å². The van der Waals surface area contributed by atoms with E-state index in [4.69, 9.17) is 4.55 Å². The summed E-state index contributed by atoms with van der Waals surface area (Å²) in [5.41, 5.74) is -1.87. The third-order valence-electron chi connectivity index (χ3n) is 3.12. The van der Waals surface area contributed by atoms with E-state index in [0.29, 0.717) is 0 Å². The zero-order chi connectivity index (χ0) is 16.9. The van der Waals surface area contributed by atoms with Gasteiger partial charge in [0.25, 0.3) is 20.2 Å². The van der Waals surface area contributed by atoms with Crippen molar-refractivity contribution in [2.75, 3.05) is 32.1 Å². The molecule has 0 aliphatic rings. The number of hydrogen-bond donors (Lipinski definition) is 5. The highest BCUT2D eigenvalue weighted by Crippen LogP contribution is 2.23. The van der Waals surface area contributed by atoms with Gasteiger partial charge in [0.15, 0.2) is 0 Å². The highest BCUT2D eigenvalue weighted by molar-refractivity contribution is 7.86. The summed E-state index contributed by atoms with van der Waals surface area (Å²) in [5, 5.41) is 26.3. The van der Waals surface area contributed by atoms with Crippen LogP contribution in [-0.4, -0.2) is 89.2 Å². The van der Waals surface area contributed by atoms with Crippen LogP contribution >= 0.6 is 0 Å². The Morgan fingerprint density at radius 2 is 1.43 bits per heavy atom. The summed E-state index contributed by atoms with van der Waals surface area (Å²) in [5.74, 6) is -0.902. The molecule has 0 aliphatic carbocycles. The second-order valence-corrected chi connectivity index (χ2v) is 7.70. The molecule has 0 heterocycles. The van der Waals surface area contributed by atoms with Crippen LogP contribution in [0.1, 0.15) is 13.3 Å². The number of nitrogens with zero attached hydrogens (tertiary/aromatic N) is 1. The molecule has 0 aromatic carbocycles. The van der Waals surface area contributed by atoms with Crippen molar-refractivity contribution in [1.82, 2.24) is 4.90 Å². The fraction of sp³-hybridized carbons (Fsp3) is 1.00. The van der Waals surface area contributed by atoms with Gasteiger partial charge in [-0.2, -0.15) is 16.8 Å². The molecule has 21 heavy (non-hydrogen) atoms. The minimum absolute atomic E-state index is 0.202. The lowest BCUT2D eigenvalue weighted by molar-refractivity contribution is -0.0535. The van der Waals surface area contributed by atoms with Crippen molar-refractivity contribution in [2.24, 2.45) is 0 Å². The van der Waals surface area contributed by atoms with Gasteiger partial charge in [-0.1, -0.05) is 6.92 Å². The van der Waals surface area contributed by atoms with Crippen LogP contribution in [0.3, 0.4) is 0 Å². The predicted octanol–water partition coefficient (Wildman–Crippen LogP) is -2.48. The molecule has 0 amide bonds. The summed E-state index contributed by atoms with van der Waals surface area (Å²) in [4.78, 5) is 0.760. The largest absolute Gasteiger partial charge is 0.394 e. The summed E-state index contributed by atoms with van der Waals surface area (Å²) in [6.07, 6.45) is -0.202. The minimum atomic E-state index is -4.68. The van der Waals surface area contributed by atoms with Crippen LogP contribution in [0, 0.1) is 0 Å². The van der Waals surface area contributed by atoms with Gasteiger partial charge in [-0.3, -0.25) is 14.0 Å². The third kappa shape index (κ3) is 5.75. The van der Waals surface area contributed by atoms with Gasteiger partial charge < -0.3 is 15.3 Å². The first-order valence-corrected chi connectivity index (χ1v) is 9.09. The lowest BCUT2D eigenvalue weighted by Crippen LogP contribution is -2.63. The maximum atomic E-state index is 11.4. The van der Waals surface area contributed by atoms with E-state index >= 15 is 0 Å². The molecule has 0 aliphatic heterocycles. The van der Waals surface area contributed by atoms with Gasteiger partial charge in [-0.25, -0.2) is 0 Å². The van der Waals surface area contributed by atoms with Gasteiger partial charge in [-0.05, 0) is 6.42 Å². The number of hydrogen-bond acceptors (Lipinski definition) is 8. The van der Waals surface area contributed by atoms with Crippen LogP contribution in [0.2, 0.25) is 0 Å². The molecule has 0 spiro atoms. The molecule has 0 aromatic rings. The minimum Gasteiger partial charge on any atom is -0.394 e. The summed E-state index contributed by atoms with van der Waals surface area (Å²) >= 11 is 0. The molecule has 0 saturated carbocycles. The third-order valence-corrected chi connectivity index (χ3v) is 5.10. The Kier molecular flexibility index (Phi) is 7.66. The average molecular weight is 351 g/mol. The number of rotatable bonds is 10. The van der Waals surface area contributed by atoms with Crippen molar-refractivity contribution >= 4 is 20.2 Å². The topological polar surface area (TPSA) is 173 Å². The smallest absolute Gasteiger partial charge is 0.281 e. The van der Waals surface area contributed by atoms with Crippen LogP contribution in [0.15, 0.2) is 0 Å². The van der Waals surface area contributed by atoms with Crippen molar-refractivity contribution in [1.29, 1.82) is 0 Å². The first-order valence-electron chi connectivity index (χ1n) is 5.98. The zero-order valence-corrected chi connectivity index (χ0v) is 13.1. The molecule has 0 rings (SSSR count). The average Bonchev–Trinajstić information content (AvgIpc) is 2.35. The molecule has 0 fully saturated rings. The van der Waals surface area contributed by atoms with Crippen LogP contribution < -0.4 is 0 Å². The van der Waals surface area contributed by atoms with Crippen molar-refractivity contribution in [3.63, 3.8) is 0 Å². The summed E-state index contributed by atoms with van der Waals surface area (Å²) < 4.78 is 62.3. The van der Waals surface area contributed by atoms with E-state index in [1.807, 2.05) is 0 Å². The Bertz CT molecular complexity index is 503. The van der Waals surface area contributed by atoms with Gasteiger partial charge >= 0.3 is 0 Å². The van der Waals surface area contributed by atoms with E-state index in [1.54, 1.807) is 0 Å². The van der Waals surface area contributed by atoms with Gasteiger partial charge in [0, 0.05) is 6.54 Å². The summed E-state index contributed by atoms with van der Waals surface area (Å²) in [6.45, 7) is -1.93. The van der Waals surface area contributed by atoms with E-state index < -0.39 is 63.3 Å².